The van der Waals surface area contributed by atoms with E-state index < -0.39 is 0 Å². The molecule has 0 fully saturated rings. The standard InChI is InChI=1S/C19H18FN3/c1-12-3-4-13(2)17(11-12)23-19-16(9-10-21-19)18(22-23)14-5-7-15(20)8-6-14/h3-8,11,21H,9-10H2,1-2H3. The number of rotatable bonds is 2. The van der Waals surface area contributed by atoms with Crippen molar-refractivity contribution >= 4 is 5.82 Å². The number of nitrogens with one attached hydrogen (secondary N) is 1. The molecule has 4 rings (SSSR count). The van der Waals surface area contributed by atoms with Gasteiger partial charge >= 0.3 is 0 Å². The van der Waals surface area contributed by atoms with Gasteiger partial charge in [0.15, 0.2) is 0 Å². The van der Waals surface area contributed by atoms with Crippen LogP contribution in [0.1, 0.15) is 16.7 Å². The van der Waals surface area contributed by atoms with Crippen molar-refractivity contribution < 1.29 is 4.39 Å². The smallest absolute Gasteiger partial charge is 0.133 e. The molecule has 1 N–H and O–H groups in total. The molecule has 2 aromatic carbocycles. The van der Waals surface area contributed by atoms with Crippen LogP contribution >= 0.6 is 0 Å². The summed E-state index contributed by atoms with van der Waals surface area (Å²) in [5, 5.41) is 8.28. The number of fused-ring (bicyclic) bond motifs is 1. The van der Waals surface area contributed by atoms with E-state index in [0.29, 0.717) is 0 Å². The highest BCUT2D eigenvalue weighted by Gasteiger charge is 2.24. The van der Waals surface area contributed by atoms with Gasteiger partial charge in [0.05, 0.1) is 11.4 Å². The lowest BCUT2D eigenvalue weighted by Gasteiger charge is -2.10. The summed E-state index contributed by atoms with van der Waals surface area (Å²) in [4.78, 5) is 0. The molecular weight excluding hydrogens is 289 g/mol. The van der Waals surface area contributed by atoms with Crippen molar-refractivity contribution in [1.29, 1.82) is 0 Å². The maximum Gasteiger partial charge on any atom is 0.133 e. The van der Waals surface area contributed by atoms with E-state index in [1.807, 2.05) is 4.68 Å². The van der Waals surface area contributed by atoms with Crippen LogP contribution in [0.2, 0.25) is 0 Å². The van der Waals surface area contributed by atoms with Gasteiger partial charge in [0.25, 0.3) is 0 Å². The van der Waals surface area contributed by atoms with Gasteiger partial charge in [0.1, 0.15) is 11.6 Å². The van der Waals surface area contributed by atoms with Gasteiger partial charge in [-0.05, 0) is 61.7 Å². The summed E-state index contributed by atoms with van der Waals surface area (Å²) in [5.74, 6) is 0.829. The van der Waals surface area contributed by atoms with Crippen molar-refractivity contribution in [3.63, 3.8) is 0 Å². The van der Waals surface area contributed by atoms with Crippen LogP contribution in [0, 0.1) is 19.7 Å². The Kier molecular flexibility index (Phi) is 3.18. The summed E-state index contributed by atoms with van der Waals surface area (Å²) < 4.78 is 15.2. The Labute approximate surface area is 134 Å². The molecule has 0 atom stereocenters. The normalized spacial score (nSPS) is 13.0. The van der Waals surface area contributed by atoms with Crippen LogP contribution in [0.5, 0.6) is 0 Å². The molecular formula is C19H18FN3. The van der Waals surface area contributed by atoms with Crippen LogP contribution < -0.4 is 5.32 Å². The van der Waals surface area contributed by atoms with Gasteiger partial charge < -0.3 is 5.32 Å². The molecule has 3 aromatic rings. The topological polar surface area (TPSA) is 29.9 Å². The second-order valence-corrected chi connectivity index (χ2v) is 6.06. The van der Waals surface area contributed by atoms with E-state index in [4.69, 9.17) is 5.10 Å². The summed E-state index contributed by atoms with van der Waals surface area (Å²) in [6.07, 6.45) is 0.937. The van der Waals surface area contributed by atoms with Gasteiger partial charge in [0, 0.05) is 17.7 Å². The van der Waals surface area contributed by atoms with Crippen LogP contribution in [-0.2, 0) is 6.42 Å². The third-order valence-electron chi connectivity index (χ3n) is 4.36. The van der Waals surface area contributed by atoms with Crippen LogP contribution in [-0.4, -0.2) is 16.3 Å². The quantitative estimate of drug-likeness (QED) is 0.766. The summed E-state index contributed by atoms with van der Waals surface area (Å²) in [6.45, 7) is 5.09. The lowest BCUT2D eigenvalue weighted by atomic mass is 10.1. The monoisotopic (exact) mass is 307 g/mol. The second kappa shape index (κ2) is 5.23. The van der Waals surface area contributed by atoms with Gasteiger partial charge in [-0.2, -0.15) is 5.10 Å². The molecule has 0 saturated heterocycles. The van der Waals surface area contributed by atoms with Crippen LogP contribution in [0.3, 0.4) is 0 Å². The SMILES string of the molecule is Cc1ccc(C)c(-n2nc(-c3ccc(F)cc3)c3c2NCC3)c1. The van der Waals surface area contributed by atoms with Crippen molar-refractivity contribution in [2.45, 2.75) is 20.3 Å². The summed E-state index contributed by atoms with van der Waals surface area (Å²) in [6, 6.07) is 12.9. The van der Waals surface area contributed by atoms with E-state index in [1.165, 1.54) is 28.8 Å². The highest BCUT2D eigenvalue weighted by Crippen LogP contribution is 2.35. The number of hydrogen-bond donors (Lipinski definition) is 1. The first-order valence-electron chi connectivity index (χ1n) is 7.83. The Bertz CT molecular complexity index is 878. The predicted octanol–water partition coefficient (Wildman–Crippen LogP) is 4.26. The van der Waals surface area contributed by atoms with Gasteiger partial charge in [-0.1, -0.05) is 12.1 Å². The van der Waals surface area contributed by atoms with Gasteiger partial charge in [-0.15, -0.1) is 0 Å². The Balaban J connectivity index is 1.91. The number of benzene rings is 2. The summed E-state index contributed by atoms with van der Waals surface area (Å²) in [5.41, 5.74) is 6.57. The molecule has 4 heteroatoms. The van der Waals surface area contributed by atoms with Crippen molar-refractivity contribution in [2.75, 3.05) is 11.9 Å². The van der Waals surface area contributed by atoms with Gasteiger partial charge in [0.2, 0.25) is 0 Å². The zero-order chi connectivity index (χ0) is 16.0. The Morgan fingerprint density at radius 2 is 1.87 bits per heavy atom. The first-order valence-corrected chi connectivity index (χ1v) is 7.83. The zero-order valence-electron chi connectivity index (χ0n) is 13.2. The van der Waals surface area contributed by atoms with E-state index >= 15 is 0 Å². The average Bonchev–Trinajstić information content (AvgIpc) is 3.13. The molecule has 0 aliphatic carbocycles. The fraction of sp³-hybridized carbons (Fsp3) is 0.211. The Morgan fingerprint density at radius 3 is 2.65 bits per heavy atom. The zero-order valence-corrected chi connectivity index (χ0v) is 13.2. The fourth-order valence-corrected chi connectivity index (χ4v) is 3.14. The minimum absolute atomic E-state index is 0.225. The molecule has 1 aliphatic heterocycles. The molecule has 116 valence electrons. The van der Waals surface area contributed by atoms with Crippen LogP contribution in [0.25, 0.3) is 16.9 Å². The van der Waals surface area contributed by atoms with E-state index in [1.54, 1.807) is 12.1 Å². The highest BCUT2D eigenvalue weighted by molar-refractivity contribution is 5.73. The lowest BCUT2D eigenvalue weighted by molar-refractivity contribution is 0.628. The number of halogens is 1. The molecule has 0 bridgehead atoms. The fourth-order valence-electron chi connectivity index (χ4n) is 3.14. The third-order valence-corrected chi connectivity index (χ3v) is 4.36. The largest absolute Gasteiger partial charge is 0.369 e. The van der Waals surface area contributed by atoms with E-state index in [0.717, 1.165) is 35.7 Å². The maximum absolute atomic E-state index is 13.2. The predicted molar refractivity (Wildman–Crippen MR) is 90.6 cm³/mol. The second-order valence-electron chi connectivity index (χ2n) is 6.06. The molecule has 1 aliphatic rings. The number of aryl methyl sites for hydroxylation is 2. The Morgan fingerprint density at radius 1 is 1.09 bits per heavy atom. The first-order chi connectivity index (χ1) is 11.1. The summed E-state index contributed by atoms with van der Waals surface area (Å²) in [7, 11) is 0. The number of hydrogen-bond acceptors (Lipinski definition) is 2. The molecule has 2 heterocycles. The summed E-state index contributed by atoms with van der Waals surface area (Å²) >= 11 is 0. The highest BCUT2D eigenvalue weighted by atomic mass is 19.1. The third kappa shape index (κ3) is 2.31. The number of anilines is 1. The molecule has 0 amide bonds. The molecule has 0 spiro atoms. The molecule has 23 heavy (non-hydrogen) atoms. The average molecular weight is 307 g/mol. The van der Waals surface area contributed by atoms with Crippen molar-refractivity contribution in [1.82, 2.24) is 9.78 Å². The van der Waals surface area contributed by atoms with Crippen LogP contribution in [0.4, 0.5) is 10.2 Å². The van der Waals surface area contributed by atoms with Crippen molar-refractivity contribution in [3.8, 4) is 16.9 Å². The minimum Gasteiger partial charge on any atom is -0.369 e. The molecule has 0 radical (unpaired) electrons. The Hall–Kier alpha value is -2.62. The lowest BCUT2D eigenvalue weighted by Crippen LogP contribution is -2.06. The molecule has 0 saturated carbocycles. The molecule has 1 aromatic heterocycles. The number of aromatic nitrogens is 2. The minimum atomic E-state index is -0.225. The number of nitrogens with zero attached hydrogens (tertiary/aromatic N) is 2. The van der Waals surface area contributed by atoms with E-state index in [-0.39, 0.29) is 5.82 Å². The van der Waals surface area contributed by atoms with Gasteiger partial charge in [-0.25, -0.2) is 9.07 Å². The van der Waals surface area contributed by atoms with E-state index in [9.17, 15) is 4.39 Å². The van der Waals surface area contributed by atoms with Crippen LogP contribution in [0.15, 0.2) is 42.5 Å². The first kappa shape index (κ1) is 14.0. The maximum atomic E-state index is 13.2. The van der Waals surface area contributed by atoms with Crippen molar-refractivity contribution in [2.24, 2.45) is 0 Å². The van der Waals surface area contributed by atoms with Gasteiger partial charge in [-0.3, -0.25) is 0 Å². The van der Waals surface area contributed by atoms with Crippen molar-refractivity contribution in [3.05, 3.63) is 65.0 Å². The van der Waals surface area contributed by atoms with E-state index in [2.05, 4.69) is 37.4 Å². The molecule has 0 unspecified atom stereocenters. The molecule has 3 nitrogen and oxygen atoms in total.